The lowest BCUT2D eigenvalue weighted by Crippen LogP contribution is -2.01. The Morgan fingerprint density at radius 2 is 0.721 bits per heavy atom. The standard InChI is InChI=1S/C53H33N7S/c1-4-17-34(18-5-1)49-54-50(35-19-6-2-7-20-35)56-51(55-49)36-21-14-24-38(33-36)60-46-32-13-11-26-40(46)42-28-16-30-44(48(42)60)53-58-57-52(61-53)43-29-15-27-41-39-25-10-12-31-45(39)59(47(41)43)37-22-8-3-9-23-37/h1-33H. The van der Waals surface area contributed by atoms with Crippen LogP contribution < -0.4 is 0 Å². The van der Waals surface area contributed by atoms with Crippen molar-refractivity contribution >= 4 is 54.9 Å². The highest BCUT2D eigenvalue weighted by atomic mass is 32.1. The Morgan fingerprint density at radius 3 is 1.26 bits per heavy atom. The van der Waals surface area contributed by atoms with E-state index in [9.17, 15) is 0 Å². The van der Waals surface area contributed by atoms with Gasteiger partial charge in [0.25, 0.3) is 0 Å². The van der Waals surface area contributed by atoms with Crippen LogP contribution in [0.5, 0.6) is 0 Å². The maximum Gasteiger partial charge on any atom is 0.164 e. The third-order valence-electron chi connectivity index (χ3n) is 11.4. The molecule has 0 N–H and O–H groups in total. The van der Waals surface area contributed by atoms with E-state index in [2.05, 4.69) is 149 Å². The van der Waals surface area contributed by atoms with Crippen LogP contribution >= 0.6 is 11.3 Å². The molecule has 4 aromatic heterocycles. The summed E-state index contributed by atoms with van der Waals surface area (Å²) in [5.74, 6) is 1.85. The van der Waals surface area contributed by atoms with Crippen LogP contribution in [0.4, 0.5) is 0 Å². The van der Waals surface area contributed by atoms with Crippen LogP contribution in [0.3, 0.4) is 0 Å². The van der Waals surface area contributed by atoms with Gasteiger partial charge in [0, 0.05) is 60.7 Å². The second-order valence-corrected chi connectivity index (χ2v) is 15.9. The van der Waals surface area contributed by atoms with Crippen molar-refractivity contribution in [3.63, 3.8) is 0 Å². The van der Waals surface area contributed by atoms with Crippen LogP contribution in [0.1, 0.15) is 0 Å². The minimum absolute atomic E-state index is 0.603. The fraction of sp³-hybridized carbons (Fsp3) is 0. The number of hydrogen-bond donors (Lipinski definition) is 0. The van der Waals surface area contributed by atoms with Crippen molar-refractivity contribution < 1.29 is 0 Å². The fourth-order valence-corrected chi connectivity index (χ4v) is 9.55. The average molecular weight is 800 g/mol. The number of aromatic nitrogens is 7. The zero-order valence-corrected chi connectivity index (χ0v) is 33.4. The maximum atomic E-state index is 5.05. The van der Waals surface area contributed by atoms with E-state index >= 15 is 0 Å². The first-order chi connectivity index (χ1) is 30.3. The minimum atomic E-state index is 0.603. The summed E-state index contributed by atoms with van der Waals surface area (Å²) in [6.45, 7) is 0. The molecule has 8 heteroatoms. The molecule has 0 atom stereocenters. The van der Waals surface area contributed by atoms with E-state index < -0.39 is 0 Å². The van der Waals surface area contributed by atoms with E-state index in [0.717, 1.165) is 82.0 Å². The van der Waals surface area contributed by atoms with Crippen LogP contribution in [0.25, 0.3) is 110 Å². The van der Waals surface area contributed by atoms with Gasteiger partial charge in [0.15, 0.2) is 17.5 Å². The number of rotatable bonds is 7. The molecule has 4 heterocycles. The van der Waals surface area contributed by atoms with Crippen LogP contribution in [0.15, 0.2) is 200 Å². The molecule has 12 rings (SSSR count). The summed E-state index contributed by atoms with van der Waals surface area (Å²) in [4.78, 5) is 15.0. The van der Waals surface area contributed by atoms with Gasteiger partial charge in [0.2, 0.25) is 0 Å². The Balaban J connectivity index is 1.03. The lowest BCUT2D eigenvalue weighted by Gasteiger charge is -2.12. The highest BCUT2D eigenvalue weighted by molar-refractivity contribution is 7.18. The first kappa shape index (κ1) is 34.9. The van der Waals surface area contributed by atoms with Gasteiger partial charge in [-0.1, -0.05) is 163 Å². The molecule has 286 valence electrons. The number of nitrogens with zero attached hydrogens (tertiary/aromatic N) is 7. The summed E-state index contributed by atoms with van der Waals surface area (Å²) in [5, 5.41) is 16.3. The molecule has 0 unspecified atom stereocenters. The van der Waals surface area contributed by atoms with Crippen LogP contribution in [0, 0.1) is 0 Å². The van der Waals surface area contributed by atoms with E-state index in [1.165, 1.54) is 10.8 Å². The van der Waals surface area contributed by atoms with E-state index in [1.54, 1.807) is 11.3 Å². The predicted molar refractivity (Wildman–Crippen MR) is 249 cm³/mol. The number of hydrogen-bond acceptors (Lipinski definition) is 6. The van der Waals surface area contributed by atoms with Gasteiger partial charge in [-0.2, -0.15) is 0 Å². The third-order valence-corrected chi connectivity index (χ3v) is 12.3. The lowest BCUT2D eigenvalue weighted by atomic mass is 10.1. The first-order valence-corrected chi connectivity index (χ1v) is 21.0. The third kappa shape index (κ3) is 5.84. The summed E-state index contributed by atoms with van der Waals surface area (Å²) in [7, 11) is 0. The van der Waals surface area contributed by atoms with E-state index in [-0.39, 0.29) is 0 Å². The molecule has 61 heavy (non-hydrogen) atoms. The lowest BCUT2D eigenvalue weighted by molar-refractivity contribution is 1.07. The zero-order chi connectivity index (χ0) is 40.3. The van der Waals surface area contributed by atoms with Gasteiger partial charge >= 0.3 is 0 Å². The molecule has 0 bridgehead atoms. The Morgan fingerprint density at radius 1 is 0.328 bits per heavy atom. The molecule has 0 aliphatic rings. The normalized spacial score (nSPS) is 11.6. The van der Waals surface area contributed by atoms with Crippen molar-refractivity contribution in [3.8, 4) is 66.7 Å². The van der Waals surface area contributed by atoms with Crippen molar-refractivity contribution in [2.45, 2.75) is 0 Å². The van der Waals surface area contributed by atoms with Gasteiger partial charge in [0.1, 0.15) is 10.0 Å². The molecule has 12 aromatic rings. The molecule has 0 spiro atoms. The topological polar surface area (TPSA) is 74.3 Å². The highest BCUT2D eigenvalue weighted by Crippen LogP contribution is 2.43. The van der Waals surface area contributed by atoms with E-state index in [1.807, 2.05) is 60.7 Å². The number of benzene rings is 8. The zero-order valence-electron chi connectivity index (χ0n) is 32.6. The summed E-state index contributed by atoms with van der Waals surface area (Å²) >= 11 is 1.62. The highest BCUT2D eigenvalue weighted by Gasteiger charge is 2.22. The average Bonchev–Trinajstić information content (AvgIpc) is 4.06. The van der Waals surface area contributed by atoms with Gasteiger partial charge in [-0.3, -0.25) is 0 Å². The quantitative estimate of drug-likeness (QED) is 0.160. The largest absolute Gasteiger partial charge is 0.309 e. The molecule has 7 nitrogen and oxygen atoms in total. The van der Waals surface area contributed by atoms with Gasteiger partial charge in [-0.25, -0.2) is 15.0 Å². The Labute approximate surface area is 354 Å². The smallest absolute Gasteiger partial charge is 0.164 e. The molecule has 0 aliphatic heterocycles. The predicted octanol–water partition coefficient (Wildman–Crippen LogP) is 13.3. The van der Waals surface area contributed by atoms with Crippen molar-refractivity contribution in [1.82, 2.24) is 34.3 Å². The Hall–Kier alpha value is -8.07. The molecule has 0 radical (unpaired) electrons. The summed E-state index contributed by atoms with van der Waals surface area (Å²) in [5.41, 5.74) is 11.3. The second kappa shape index (κ2) is 14.3. The van der Waals surface area contributed by atoms with Crippen molar-refractivity contribution in [3.05, 3.63) is 200 Å². The van der Waals surface area contributed by atoms with Crippen molar-refractivity contribution in [2.24, 2.45) is 0 Å². The SMILES string of the molecule is c1ccc(-c2nc(-c3ccccc3)nc(-c3cccc(-n4c5ccccc5c5cccc(-c6nnc(-c7cccc8c9ccccc9n(-c9ccccc9)c78)s6)c54)c3)n2)cc1. The maximum absolute atomic E-state index is 5.05. The summed E-state index contributed by atoms with van der Waals surface area (Å²) < 4.78 is 4.70. The van der Waals surface area contributed by atoms with Gasteiger partial charge in [0.05, 0.1) is 22.1 Å². The van der Waals surface area contributed by atoms with Crippen molar-refractivity contribution in [2.75, 3.05) is 0 Å². The first-order valence-electron chi connectivity index (χ1n) is 20.2. The molecule has 0 saturated heterocycles. The minimum Gasteiger partial charge on any atom is -0.309 e. The second-order valence-electron chi connectivity index (χ2n) is 14.9. The van der Waals surface area contributed by atoms with Crippen LogP contribution in [-0.4, -0.2) is 34.3 Å². The van der Waals surface area contributed by atoms with Crippen LogP contribution in [-0.2, 0) is 0 Å². The number of para-hydroxylation sites is 5. The van der Waals surface area contributed by atoms with Gasteiger partial charge in [-0.05, 0) is 48.5 Å². The molecule has 0 amide bonds. The summed E-state index contributed by atoms with van der Waals surface area (Å²) in [6.07, 6.45) is 0. The Bertz CT molecular complexity index is 3530. The van der Waals surface area contributed by atoms with Crippen molar-refractivity contribution in [1.29, 1.82) is 0 Å². The molecule has 0 aliphatic carbocycles. The van der Waals surface area contributed by atoms with Gasteiger partial charge < -0.3 is 9.13 Å². The monoisotopic (exact) mass is 799 g/mol. The fourth-order valence-electron chi connectivity index (χ4n) is 8.66. The molecule has 0 saturated carbocycles. The Kier molecular flexibility index (Phi) is 8.21. The summed E-state index contributed by atoms with van der Waals surface area (Å²) in [6, 6.07) is 69.4. The van der Waals surface area contributed by atoms with Crippen LogP contribution in [0.2, 0.25) is 0 Å². The van der Waals surface area contributed by atoms with Gasteiger partial charge in [-0.15, -0.1) is 10.2 Å². The molecular weight excluding hydrogens is 767 g/mol. The molecular formula is C53H33N7S. The molecule has 8 aromatic carbocycles. The number of fused-ring (bicyclic) bond motifs is 6. The van der Waals surface area contributed by atoms with E-state index in [0.29, 0.717) is 17.5 Å². The van der Waals surface area contributed by atoms with E-state index in [4.69, 9.17) is 25.1 Å². The molecule has 0 fully saturated rings.